The summed E-state index contributed by atoms with van der Waals surface area (Å²) in [4.78, 5) is 40.6. The molecule has 3 saturated carbocycles. The third kappa shape index (κ3) is 3.10. The Hall–Kier alpha value is -2.26. The molecular formula is C31H41NO5. The maximum atomic E-state index is 14.3. The lowest BCUT2D eigenvalue weighted by atomic mass is 9.34. The van der Waals surface area contributed by atoms with E-state index in [9.17, 15) is 24.8 Å². The molecule has 0 radical (unpaired) electrons. The SMILES string of the molecule is COC(=O)[C@]12CCC(C)(C)C[C@H]1[C@H]1C(=O)C=C3[C@@]4(C)C=C(C#N)C(=O)[C@](C)(O)C4CC[C@@]3(C)[C@]1(C)CC2. The van der Waals surface area contributed by atoms with Crippen LogP contribution in [0.3, 0.4) is 0 Å². The summed E-state index contributed by atoms with van der Waals surface area (Å²) in [6.07, 6.45) is 8.76. The minimum atomic E-state index is -1.67. The number of hydrogen-bond acceptors (Lipinski definition) is 6. The molecular weight excluding hydrogens is 466 g/mol. The first kappa shape index (κ1) is 26.4. The Bertz CT molecular complexity index is 1200. The quantitative estimate of drug-likeness (QED) is 0.495. The lowest BCUT2D eigenvalue weighted by molar-refractivity contribution is -0.192. The molecule has 0 saturated heterocycles. The van der Waals surface area contributed by atoms with Crippen LogP contribution in [0.1, 0.15) is 86.5 Å². The molecule has 5 rings (SSSR count). The van der Waals surface area contributed by atoms with E-state index in [1.807, 2.05) is 13.0 Å². The number of aliphatic hydroxyl groups is 1. The second-order valence-electron chi connectivity index (χ2n) is 14.3. The highest BCUT2D eigenvalue weighted by atomic mass is 16.5. The third-order valence-electron chi connectivity index (χ3n) is 12.1. The van der Waals surface area contributed by atoms with E-state index >= 15 is 0 Å². The van der Waals surface area contributed by atoms with Gasteiger partial charge in [0.2, 0.25) is 5.78 Å². The molecule has 0 aromatic heterocycles. The zero-order chi connectivity index (χ0) is 27.4. The van der Waals surface area contributed by atoms with Gasteiger partial charge < -0.3 is 9.84 Å². The Morgan fingerprint density at radius 2 is 1.70 bits per heavy atom. The van der Waals surface area contributed by atoms with E-state index < -0.39 is 33.5 Å². The number of methoxy groups -OCH3 is 1. The van der Waals surface area contributed by atoms with Crippen molar-refractivity contribution in [3.8, 4) is 6.07 Å². The molecule has 0 heterocycles. The zero-order valence-electron chi connectivity index (χ0n) is 23.4. The number of allylic oxidation sites excluding steroid dienone is 3. The van der Waals surface area contributed by atoms with Crippen LogP contribution in [-0.4, -0.2) is 35.4 Å². The van der Waals surface area contributed by atoms with E-state index in [1.165, 1.54) is 14.0 Å². The maximum Gasteiger partial charge on any atom is 0.312 e. The van der Waals surface area contributed by atoms with Gasteiger partial charge >= 0.3 is 5.97 Å². The van der Waals surface area contributed by atoms with Gasteiger partial charge in [-0.3, -0.25) is 14.4 Å². The highest BCUT2D eigenvalue weighted by Gasteiger charge is 2.71. The minimum Gasteiger partial charge on any atom is -0.469 e. The fourth-order valence-electron chi connectivity index (χ4n) is 9.87. The molecule has 0 aromatic rings. The smallest absolute Gasteiger partial charge is 0.312 e. The van der Waals surface area contributed by atoms with Gasteiger partial charge in [-0.2, -0.15) is 5.26 Å². The number of carbonyl (C=O) groups excluding carboxylic acids is 3. The number of nitrogens with zero attached hydrogens (tertiary/aromatic N) is 1. The van der Waals surface area contributed by atoms with E-state index in [0.29, 0.717) is 12.8 Å². The van der Waals surface area contributed by atoms with Crippen LogP contribution < -0.4 is 0 Å². The normalized spacial score (nSPS) is 48.2. The first-order chi connectivity index (χ1) is 17.0. The van der Waals surface area contributed by atoms with E-state index in [1.54, 1.807) is 12.2 Å². The van der Waals surface area contributed by atoms with Crippen molar-refractivity contribution >= 4 is 17.5 Å². The minimum absolute atomic E-state index is 0.0299. The molecule has 1 N–H and O–H groups in total. The number of fused-ring (bicyclic) bond motifs is 7. The van der Waals surface area contributed by atoms with E-state index in [2.05, 4.69) is 27.7 Å². The van der Waals surface area contributed by atoms with Crippen molar-refractivity contribution in [2.75, 3.05) is 7.11 Å². The van der Waals surface area contributed by atoms with Crippen LogP contribution in [0.4, 0.5) is 0 Å². The fraction of sp³-hybridized carbons (Fsp3) is 0.742. The molecule has 6 nitrogen and oxygen atoms in total. The monoisotopic (exact) mass is 507 g/mol. The Morgan fingerprint density at radius 1 is 1.05 bits per heavy atom. The molecule has 3 fully saturated rings. The highest BCUT2D eigenvalue weighted by Crippen LogP contribution is 2.74. The molecule has 0 aliphatic heterocycles. The second-order valence-corrected chi connectivity index (χ2v) is 14.3. The van der Waals surface area contributed by atoms with Crippen LogP contribution >= 0.6 is 0 Å². The number of ketones is 2. The Balaban J connectivity index is 1.71. The van der Waals surface area contributed by atoms with Crippen molar-refractivity contribution < 1.29 is 24.2 Å². The van der Waals surface area contributed by atoms with Crippen LogP contribution in [0, 0.1) is 56.2 Å². The number of esters is 1. The summed E-state index contributed by atoms with van der Waals surface area (Å²) in [5.74, 6) is -1.49. The van der Waals surface area contributed by atoms with Gasteiger partial charge in [0, 0.05) is 17.3 Å². The topological polar surface area (TPSA) is 104 Å². The Morgan fingerprint density at radius 3 is 2.32 bits per heavy atom. The molecule has 0 bridgehead atoms. The molecule has 8 atom stereocenters. The zero-order valence-corrected chi connectivity index (χ0v) is 23.4. The van der Waals surface area contributed by atoms with Crippen LogP contribution in [0.2, 0.25) is 0 Å². The van der Waals surface area contributed by atoms with Gasteiger partial charge in [0.25, 0.3) is 0 Å². The molecule has 0 spiro atoms. The number of hydrogen-bond donors (Lipinski definition) is 1. The average molecular weight is 508 g/mol. The van der Waals surface area contributed by atoms with Crippen molar-refractivity contribution in [1.82, 2.24) is 0 Å². The molecule has 1 unspecified atom stereocenters. The number of nitriles is 1. The molecule has 37 heavy (non-hydrogen) atoms. The predicted molar refractivity (Wildman–Crippen MR) is 138 cm³/mol. The third-order valence-corrected chi connectivity index (χ3v) is 12.1. The molecule has 5 aliphatic rings. The van der Waals surface area contributed by atoms with E-state index in [4.69, 9.17) is 4.74 Å². The van der Waals surface area contributed by atoms with Crippen molar-refractivity contribution in [3.05, 3.63) is 23.3 Å². The van der Waals surface area contributed by atoms with Crippen LogP contribution in [-0.2, 0) is 19.1 Å². The number of carbonyl (C=O) groups is 3. The van der Waals surface area contributed by atoms with Gasteiger partial charge in [-0.1, -0.05) is 46.3 Å². The first-order valence-electron chi connectivity index (χ1n) is 13.8. The van der Waals surface area contributed by atoms with Gasteiger partial charge in [0.15, 0.2) is 5.78 Å². The van der Waals surface area contributed by atoms with Gasteiger partial charge in [0.05, 0.1) is 18.1 Å². The fourth-order valence-corrected chi connectivity index (χ4v) is 9.87. The van der Waals surface area contributed by atoms with Crippen molar-refractivity contribution in [3.63, 3.8) is 0 Å². The largest absolute Gasteiger partial charge is 0.469 e. The summed E-state index contributed by atoms with van der Waals surface area (Å²) in [5.41, 5.74) is -2.94. The van der Waals surface area contributed by atoms with E-state index in [-0.39, 0.29) is 40.0 Å². The number of Topliss-reactive ketones (excluding diaryl/α,β-unsaturated/α-hetero) is 1. The molecule has 6 heteroatoms. The summed E-state index contributed by atoms with van der Waals surface area (Å²) in [6, 6.07) is 2.01. The predicted octanol–water partition coefficient (Wildman–Crippen LogP) is 5.10. The summed E-state index contributed by atoms with van der Waals surface area (Å²) >= 11 is 0. The highest BCUT2D eigenvalue weighted by molar-refractivity contribution is 6.06. The lowest BCUT2D eigenvalue weighted by Crippen LogP contribution is -2.66. The Labute approximate surface area is 220 Å². The standard InChI is InChI=1S/C31H41NO5/c1-26(2)10-12-31(25(35)37-7)13-11-29(5)23(19(31)16-26)20(33)14-22-27(3)15-18(17-32)24(34)30(6,36)21(27)8-9-28(22,29)4/h14-15,19,21,23,36H,8-13,16H2,1-7H3/t19-,21?,23-,27-,28+,29+,30+,31-/m0/s1. The van der Waals surface area contributed by atoms with Crippen LogP contribution in [0.25, 0.3) is 0 Å². The van der Waals surface area contributed by atoms with Gasteiger partial charge in [-0.15, -0.1) is 0 Å². The summed E-state index contributed by atoms with van der Waals surface area (Å²) in [7, 11) is 1.46. The Kier molecular flexibility index (Phi) is 5.45. The van der Waals surface area contributed by atoms with Gasteiger partial charge in [0.1, 0.15) is 11.7 Å². The first-order valence-corrected chi connectivity index (χ1v) is 13.8. The summed E-state index contributed by atoms with van der Waals surface area (Å²) in [6.45, 7) is 12.5. The molecule has 5 aliphatic carbocycles. The number of ether oxygens (including phenoxy) is 1. The van der Waals surface area contributed by atoms with Crippen molar-refractivity contribution in [2.24, 2.45) is 44.8 Å². The van der Waals surface area contributed by atoms with E-state index in [0.717, 1.165) is 37.7 Å². The summed E-state index contributed by atoms with van der Waals surface area (Å²) < 4.78 is 5.38. The molecule has 200 valence electrons. The number of rotatable bonds is 1. The summed E-state index contributed by atoms with van der Waals surface area (Å²) in [5, 5.41) is 21.1. The second kappa shape index (κ2) is 7.65. The molecule has 0 aromatic carbocycles. The van der Waals surface area contributed by atoms with Crippen molar-refractivity contribution in [1.29, 1.82) is 5.26 Å². The van der Waals surface area contributed by atoms with Gasteiger partial charge in [-0.25, -0.2) is 0 Å². The van der Waals surface area contributed by atoms with Crippen LogP contribution in [0.5, 0.6) is 0 Å². The lowest BCUT2D eigenvalue weighted by Gasteiger charge is -2.68. The van der Waals surface area contributed by atoms with Crippen LogP contribution in [0.15, 0.2) is 23.3 Å². The average Bonchev–Trinajstić information content (AvgIpc) is 2.82. The maximum absolute atomic E-state index is 14.3. The van der Waals surface area contributed by atoms with Gasteiger partial charge in [-0.05, 0) is 80.1 Å². The molecule has 0 amide bonds. The van der Waals surface area contributed by atoms with Crippen molar-refractivity contribution in [2.45, 2.75) is 92.1 Å².